The third-order valence-electron chi connectivity index (χ3n) is 1.28. The first-order chi connectivity index (χ1) is 5.70. The summed E-state index contributed by atoms with van der Waals surface area (Å²) in [6.07, 6.45) is 5.21. The lowest BCUT2D eigenvalue weighted by atomic mass is 10.2. The number of hydrogen-bond acceptors (Lipinski definition) is 3. The molecule has 0 aliphatic rings. The third kappa shape index (κ3) is 2.20. The predicted molar refractivity (Wildman–Crippen MR) is 42.9 cm³/mol. The fourth-order valence-electron chi connectivity index (χ4n) is 0.694. The van der Waals surface area contributed by atoms with E-state index in [1.165, 1.54) is 31.6 Å². The van der Waals surface area contributed by atoms with Crippen LogP contribution in [0.4, 0.5) is 0 Å². The number of ketones is 2. The largest absolute Gasteiger partial charge is 0.472 e. The first kappa shape index (κ1) is 8.46. The van der Waals surface area contributed by atoms with Crippen molar-refractivity contribution in [1.82, 2.24) is 0 Å². The van der Waals surface area contributed by atoms with Crippen molar-refractivity contribution in [2.45, 2.75) is 6.92 Å². The summed E-state index contributed by atoms with van der Waals surface area (Å²) in [5, 5.41) is 0. The molecule has 12 heavy (non-hydrogen) atoms. The van der Waals surface area contributed by atoms with E-state index < -0.39 is 0 Å². The molecule has 0 radical (unpaired) electrons. The molecule has 3 heteroatoms. The number of furan rings is 1. The van der Waals surface area contributed by atoms with Crippen molar-refractivity contribution in [2.75, 3.05) is 0 Å². The molecule has 0 amide bonds. The summed E-state index contributed by atoms with van der Waals surface area (Å²) in [6.45, 7) is 1.39. The van der Waals surface area contributed by atoms with Gasteiger partial charge in [-0.1, -0.05) is 0 Å². The normalized spacial score (nSPS) is 10.4. The zero-order valence-corrected chi connectivity index (χ0v) is 6.61. The Kier molecular flexibility index (Phi) is 2.58. The number of carbonyl (C=O) groups is 2. The quantitative estimate of drug-likeness (QED) is 0.503. The molecule has 0 saturated carbocycles. The van der Waals surface area contributed by atoms with Crippen LogP contribution in [-0.4, -0.2) is 11.6 Å². The first-order valence-electron chi connectivity index (χ1n) is 3.45. The van der Waals surface area contributed by atoms with Crippen LogP contribution in [0, 0.1) is 0 Å². The van der Waals surface area contributed by atoms with Gasteiger partial charge in [0.15, 0.2) is 11.6 Å². The topological polar surface area (TPSA) is 47.3 Å². The van der Waals surface area contributed by atoms with Crippen molar-refractivity contribution < 1.29 is 14.0 Å². The van der Waals surface area contributed by atoms with Crippen LogP contribution in [0.15, 0.2) is 35.2 Å². The zero-order chi connectivity index (χ0) is 8.97. The highest BCUT2D eigenvalue weighted by molar-refractivity contribution is 6.07. The number of rotatable bonds is 3. The molecule has 1 aromatic heterocycles. The van der Waals surface area contributed by atoms with Crippen LogP contribution in [0.1, 0.15) is 17.3 Å². The fraction of sp³-hybridized carbons (Fsp3) is 0.111. The molecule has 0 saturated heterocycles. The highest BCUT2D eigenvalue weighted by atomic mass is 16.3. The van der Waals surface area contributed by atoms with Gasteiger partial charge >= 0.3 is 0 Å². The minimum Gasteiger partial charge on any atom is -0.472 e. The number of allylic oxidation sites excluding steroid dienone is 2. The molecule has 0 spiro atoms. The van der Waals surface area contributed by atoms with Gasteiger partial charge in [0.2, 0.25) is 0 Å². The molecule has 0 aliphatic heterocycles. The predicted octanol–water partition coefficient (Wildman–Crippen LogP) is 1.61. The molecule has 0 fully saturated rings. The fourth-order valence-corrected chi connectivity index (χ4v) is 0.694. The van der Waals surface area contributed by atoms with E-state index in [0.29, 0.717) is 5.56 Å². The summed E-state index contributed by atoms with van der Waals surface area (Å²) in [7, 11) is 0. The van der Waals surface area contributed by atoms with E-state index in [2.05, 4.69) is 0 Å². The second kappa shape index (κ2) is 3.67. The summed E-state index contributed by atoms with van der Waals surface area (Å²) in [4.78, 5) is 21.6. The molecule has 62 valence electrons. The average Bonchev–Trinajstić information content (AvgIpc) is 2.51. The van der Waals surface area contributed by atoms with Crippen LogP contribution in [0.5, 0.6) is 0 Å². The van der Waals surface area contributed by atoms with Gasteiger partial charge in [-0.25, -0.2) is 0 Å². The maximum Gasteiger partial charge on any atom is 0.189 e. The third-order valence-corrected chi connectivity index (χ3v) is 1.28. The Labute approximate surface area is 69.7 Å². The van der Waals surface area contributed by atoms with Gasteiger partial charge < -0.3 is 4.42 Å². The Morgan fingerprint density at radius 2 is 2.17 bits per heavy atom. The van der Waals surface area contributed by atoms with Crippen molar-refractivity contribution in [3.8, 4) is 0 Å². The molecule has 0 bridgehead atoms. The van der Waals surface area contributed by atoms with Crippen LogP contribution in [-0.2, 0) is 4.79 Å². The standard InChI is InChI=1S/C9H8O3/c1-7(10)2-3-9(11)8-4-5-12-6-8/h2-6H,1H3/b3-2+. The Bertz CT molecular complexity index is 307. The smallest absolute Gasteiger partial charge is 0.189 e. The maximum atomic E-state index is 11.1. The molecule has 0 unspecified atom stereocenters. The van der Waals surface area contributed by atoms with Crippen LogP contribution >= 0.6 is 0 Å². The molecule has 1 heterocycles. The minimum atomic E-state index is -0.223. The summed E-state index contributed by atoms with van der Waals surface area (Å²) >= 11 is 0. The Morgan fingerprint density at radius 1 is 1.42 bits per heavy atom. The first-order valence-corrected chi connectivity index (χ1v) is 3.45. The van der Waals surface area contributed by atoms with Crippen LogP contribution in [0.3, 0.4) is 0 Å². The van der Waals surface area contributed by atoms with Gasteiger partial charge in [0.1, 0.15) is 6.26 Å². The van der Waals surface area contributed by atoms with Crippen molar-refractivity contribution in [3.05, 3.63) is 36.3 Å². The van der Waals surface area contributed by atoms with Crippen molar-refractivity contribution in [3.63, 3.8) is 0 Å². The molecule has 3 nitrogen and oxygen atoms in total. The van der Waals surface area contributed by atoms with E-state index in [1.54, 1.807) is 6.07 Å². The second-order valence-corrected chi connectivity index (χ2v) is 2.32. The summed E-state index contributed by atoms with van der Waals surface area (Å²) in [5.41, 5.74) is 0.451. The SMILES string of the molecule is CC(=O)/C=C/C(=O)c1ccoc1. The molecule has 0 aromatic carbocycles. The van der Waals surface area contributed by atoms with E-state index in [4.69, 9.17) is 4.42 Å². The molecule has 0 N–H and O–H groups in total. The Morgan fingerprint density at radius 3 is 2.67 bits per heavy atom. The Hall–Kier alpha value is -1.64. The summed E-state index contributed by atoms with van der Waals surface area (Å²) in [6, 6.07) is 1.55. The molecule has 1 rings (SSSR count). The van der Waals surface area contributed by atoms with Gasteiger partial charge in [0, 0.05) is 0 Å². The van der Waals surface area contributed by atoms with E-state index in [0.717, 1.165) is 0 Å². The number of hydrogen-bond donors (Lipinski definition) is 0. The van der Waals surface area contributed by atoms with Gasteiger partial charge in [-0.2, -0.15) is 0 Å². The van der Waals surface area contributed by atoms with Crippen LogP contribution < -0.4 is 0 Å². The monoisotopic (exact) mass is 164 g/mol. The lowest BCUT2D eigenvalue weighted by molar-refractivity contribution is -0.112. The average molecular weight is 164 g/mol. The van der Waals surface area contributed by atoms with E-state index in [1.807, 2.05) is 0 Å². The summed E-state index contributed by atoms with van der Waals surface area (Å²) < 4.78 is 4.70. The lowest BCUT2D eigenvalue weighted by Gasteiger charge is -1.84. The van der Waals surface area contributed by atoms with Crippen molar-refractivity contribution in [2.24, 2.45) is 0 Å². The van der Waals surface area contributed by atoms with E-state index >= 15 is 0 Å². The van der Waals surface area contributed by atoms with Gasteiger partial charge in [-0.05, 0) is 25.1 Å². The minimum absolute atomic E-state index is 0.146. The highest BCUT2D eigenvalue weighted by Gasteiger charge is 2.01. The molecule has 0 atom stereocenters. The molecule has 1 aromatic rings. The van der Waals surface area contributed by atoms with Crippen molar-refractivity contribution in [1.29, 1.82) is 0 Å². The van der Waals surface area contributed by atoms with Gasteiger partial charge in [0.25, 0.3) is 0 Å². The van der Waals surface area contributed by atoms with Gasteiger partial charge in [-0.3, -0.25) is 9.59 Å². The zero-order valence-electron chi connectivity index (χ0n) is 6.61. The van der Waals surface area contributed by atoms with Gasteiger partial charge in [0.05, 0.1) is 11.8 Å². The molecule has 0 aliphatic carbocycles. The van der Waals surface area contributed by atoms with Crippen molar-refractivity contribution >= 4 is 11.6 Å². The Balaban J connectivity index is 2.68. The molecular weight excluding hydrogens is 156 g/mol. The second-order valence-electron chi connectivity index (χ2n) is 2.32. The van der Waals surface area contributed by atoms with E-state index in [-0.39, 0.29) is 11.6 Å². The maximum absolute atomic E-state index is 11.1. The van der Waals surface area contributed by atoms with E-state index in [9.17, 15) is 9.59 Å². The van der Waals surface area contributed by atoms with Gasteiger partial charge in [-0.15, -0.1) is 0 Å². The van der Waals surface area contributed by atoms with Crippen LogP contribution in [0.2, 0.25) is 0 Å². The number of carbonyl (C=O) groups excluding carboxylic acids is 2. The van der Waals surface area contributed by atoms with Crippen LogP contribution in [0.25, 0.3) is 0 Å². The highest BCUT2D eigenvalue weighted by Crippen LogP contribution is 2.01. The summed E-state index contributed by atoms with van der Waals surface area (Å²) in [5.74, 6) is -0.370. The molecular formula is C9H8O3. The lowest BCUT2D eigenvalue weighted by Crippen LogP contribution is -1.92.